The number of halogens is 1. The number of fused-ring (bicyclic) bond motifs is 1. The molecule has 0 N–H and O–H groups in total. The molecule has 0 unspecified atom stereocenters. The lowest BCUT2D eigenvalue weighted by molar-refractivity contribution is -0.781. The molecule has 2 heterocycles. The summed E-state index contributed by atoms with van der Waals surface area (Å²) in [6.07, 6.45) is 5.65. The quantitative estimate of drug-likeness (QED) is 0.230. The summed E-state index contributed by atoms with van der Waals surface area (Å²) in [6, 6.07) is 12.6. The molecule has 0 radical (unpaired) electrons. The summed E-state index contributed by atoms with van der Waals surface area (Å²) in [6.45, 7) is 0.707. The third kappa shape index (κ3) is 4.74. The van der Waals surface area contributed by atoms with Gasteiger partial charge >= 0.3 is 11.8 Å². The minimum atomic E-state index is -3.73. The lowest BCUT2D eigenvalue weighted by Gasteiger charge is -2.29. The number of sulfonamides is 1. The maximum absolute atomic E-state index is 15.0. The minimum absolute atomic E-state index is 0.151. The van der Waals surface area contributed by atoms with Crippen molar-refractivity contribution in [2.75, 3.05) is 31.2 Å². The Labute approximate surface area is 203 Å². The van der Waals surface area contributed by atoms with Crippen molar-refractivity contribution < 1.29 is 27.2 Å². The molecule has 0 atom stereocenters. The van der Waals surface area contributed by atoms with Gasteiger partial charge in [-0.1, -0.05) is 62.1 Å². The highest BCUT2D eigenvalue weighted by atomic mass is 32.2. The molecule has 1 saturated heterocycles. The molecule has 2 aliphatic rings. The summed E-state index contributed by atoms with van der Waals surface area (Å²) >= 11 is 0. The van der Waals surface area contributed by atoms with E-state index in [-0.39, 0.29) is 42.9 Å². The van der Waals surface area contributed by atoms with Crippen LogP contribution in [0.5, 0.6) is 0 Å². The molecule has 2 fully saturated rings. The zero-order valence-electron chi connectivity index (χ0n) is 19.3. The smallest absolute Gasteiger partial charge is 0.485 e. The molecule has 5 rings (SSSR count). The Balaban J connectivity index is 1.29. The fraction of sp³-hybridized carbons (Fsp3) is 0.458. The van der Waals surface area contributed by atoms with Gasteiger partial charge in [0.15, 0.2) is 0 Å². The molecule has 0 spiro atoms. The molecule has 1 saturated carbocycles. The molecular weight excluding hydrogens is 473 g/mol. The standard InChI is InChI=1S/C24H28FN5O4S/c25-22-24(26-23(31)19-9-3-1-2-4-10-19)34-27-30(22)28-14-16-29(17-15-28)35(32,33)21-13-7-11-18-8-5-6-12-20(18)21/h5-8,11-13,19H,1-4,9-10,14-17H2. The SMILES string of the molecule is O=S(=O)(c1cccc2ccccc12)N1CCN([n+]2noc(N=C([O-])C3CCCCCC3)c2F)CC1. The molecule has 3 aromatic rings. The topological polar surface area (TPSA) is 106 Å². The van der Waals surface area contributed by atoms with Crippen LogP contribution in [0, 0.1) is 11.9 Å². The minimum Gasteiger partial charge on any atom is -0.861 e. The van der Waals surface area contributed by atoms with Crippen LogP contribution in [0.2, 0.25) is 0 Å². The van der Waals surface area contributed by atoms with Crippen LogP contribution in [-0.4, -0.2) is 50.1 Å². The first-order chi connectivity index (χ1) is 16.9. The molecular formula is C24H28FN5O4S. The van der Waals surface area contributed by atoms with E-state index in [2.05, 4.69) is 10.3 Å². The molecule has 11 heteroatoms. The van der Waals surface area contributed by atoms with Gasteiger partial charge in [0, 0.05) is 18.5 Å². The highest BCUT2D eigenvalue weighted by Crippen LogP contribution is 2.27. The second kappa shape index (κ2) is 9.90. The fourth-order valence-corrected chi connectivity index (χ4v) is 6.50. The number of rotatable bonds is 5. The van der Waals surface area contributed by atoms with Gasteiger partial charge in [0.1, 0.15) is 4.79 Å². The normalized spacial score (nSPS) is 19.2. The van der Waals surface area contributed by atoms with Crippen molar-refractivity contribution in [2.45, 2.75) is 43.4 Å². The largest absolute Gasteiger partial charge is 0.861 e. The molecule has 35 heavy (non-hydrogen) atoms. The van der Waals surface area contributed by atoms with Crippen LogP contribution in [0.25, 0.3) is 10.8 Å². The van der Waals surface area contributed by atoms with Crippen LogP contribution in [0.3, 0.4) is 0 Å². The van der Waals surface area contributed by atoms with Gasteiger partial charge in [0.2, 0.25) is 15.3 Å². The van der Waals surface area contributed by atoms with Crippen LogP contribution in [0.15, 0.2) is 56.9 Å². The molecule has 1 aliphatic carbocycles. The number of benzene rings is 2. The zero-order valence-corrected chi connectivity index (χ0v) is 20.2. The van der Waals surface area contributed by atoms with Gasteiger partial charge < -0.3 is 5.11 Å². The van der Waals surface area contributed by atoms with E-state index in [1.165, 1.54) is 4.31 Å². The number of hydrogen-bond donors (Lipinski definition) is 0. The highest BCUT2D eigenvalue weighted by Gasteiger charge is 2.37. The predicted octanol–water partition coefficient (Wildman–Crippen LogP) is 2.26. The summed E-state index contributed by atoms with van der Waals surface area (Å²) in [7, 11) is -3.73. The van der Waals surface area contributed by atoms with E-state index < -0.39 is 21.9 Å². The fourth-order valence-electron chi connectivity index (χ4n) is 4.86. The first-order valence-corrected chi connectivity index (χ1v) is 13.5. The number of aromatic nitrogens is 2. The van der Waals surface area contributed by atoms with Gasteiger partial charge in [-0.25, -0.2) is 13.4 Å². The van der Waals surface area contributed by atoms with Crippen LogP contribution < -0.4 is 14.9 Å². The van der Waals surface area contributed by atoms with Crippen molar-refractivity contribution in [1.82, 2.24) is 9.58 Å². The number of piperazine rings is 1. The number of hydrogen-bond acceptors (Lipinski definition) is 7. The number of nitrogens with zero attached hydrogens (tertiary/aromatic N) is 5. The van der Waals surface area contributed by atoms with Crippen LogP contribution in [-0.2, 0) is 10.0 Å². The first-order valence-electron chi connectivity index (χ1n) is 12.0. The second-order valence-electron chi connectivity index (χ2n) is 9.03. The van der Waals surface area contributed by atoms with E-state index in [1.807, 2.05) is 24.3 Å². The Kier molecular flexibility index (Phi) is 6.70. The summed E-state index contributed by atoms with van der Waals surface area (Å²) in [4.78, 5) is 5.05. The van der Waals surface area contributed by atoms with E-state index in [0.717, 1.165) is 48.7 Å². The summed E-state index contributed by atoms with van der Waals surface area (Å²) in [5.41, 5.74) is 0. The van der Waals surface area contributed by atoms with E-state index in [1.54, 1.807) is 23.2 Å². The molecule has 1 aromatic heterocycles. The van der Waals surface area contributed by atoms with E-state index in [0.29, 0.717) is 5.39 Å². The summed E-state index contributed by atoms with van der Waals surface area (Å²) < 4.78 is 48.1. The molecule has 9 nitrogen and oxygen atoms in total. The number of aliphatic imine (C=N–C) groups is 1. The maximum atomic E-state index is 15.0. The van der Waals surface area contributed by atoms with Crippen molar-refractivity contribution in [3.05, 3.63) is 48.4 Å². The van der Waals surface area contributed by atoms with Gasteiger partial charge in [0.05, 0.1) is 18.0 Å². The average molecular weight is 502 g/mol. The van der Waals surface area contributed by atoms with Gasteiger partial charge in [-0.2, -0.15) is 4.31 Å². The average Bonchev–Trinajstić information content (AvgIpc) is 3.06. The Morgan fingerprint density at radius 3 is 2.46 bits per heavy atom. The monoisotopic (exact) mass is 501 g/mol. The Hall–Kier alpha value is -3.05. The summed E-state index contributed by atoms with van der Waals surface area (Å²) in [5.74, 6) is -1.89. The van der Waals surface area contributed by atoms with Crippen molar-refractivity contribution in [3.63, 3.8) is 0 Å². The van der Waals surface area contributed by atoms with Crippen LogP contribution in [0.4, 0.5) is 10.3 Å². The van der Waals surface area contributed by atoms with Gasteiger partial charge in [-0.05, 0) is 36.1 Å². The lowest BCUT2D eigenvalue weighted by Crippen LogP contribution is -2.67. The molecule has 186 valence electrons. The predicted molar refractivity (Wildman–Crippen MR) is 126 cm³/mol. The molecule has 1 aliphatic heterocycles. The van der Waals surface area contributed by atoms with E-state index in [4.69, 9.17) is 4.52 Å². The summed E-state index contributed by atoms with van der Waals surface area (Å²) in [5, 5.41) is 19.3. The Morgan fingerprint density at radius 2 is 1.71 bits per heavy atom. The highest BCUT2D eigenvalue weighted by molar-refractivity contribution is 7.89. The molecule has 0 amide bonds. The second-order valence-corrected chi connectivity index (χ2v) is 10.9. The van der Waals surface area contributed by atoms with Gasteiger partial charge in [-0.15, -0.1) is 9.40 Å². The Morgan fingerprint density at radius 1 is 1.03 bits per heavy atom. The maximum Gasteiger partial charge on any atom is 0.485 e. The zero-order chi connectivity index (χ0) is 24.4. The van der Waals surface area contributed by atoms with E-state index >= 15 is 0 Å². The van der Waals surface area contributed by atoms with Crippen molar-refractivity contribution in [3.8, 4) is 0 Å². The van der Waals surface area contributed by atoms with Crippen molar-refractivity contribution >= 4 is 32.6 Å². The Bertz CT molecular complexity index is 1320. The van der Waals surface area contributed by atoms with Gasteiger partial charge in [0.25, 0.3) is 0 Å². The lowest BCUT2D eigenvalue weighted by atomic mass is 10.0. The van der Waals surface area contributed by atoms with Crippen LogP contribution in [0.1, 0.15) is 38.5 Å². The van der Waals surface area contributed by atoms with Gasteiger partial charge in [-0.3, -0.25) is 4.52 Å². The van der Waals surface area contributed by atoms with E-state index in [9.17, 15) is 17.9 Å². The molecule has 2 aromatic carbocycles. The van der Waals surface area contributed by atoms with Crippen molar-refractivity contribution in [1.29, 1.82) is 0 Å². The third-order valence-corrected chi connectivity index (χ3v) is 8.78. The molecule has 0 bridgehead atoms. The third-order valence-electron chi connectivity index (χ3n) is 6.82. The van der Waals surface area contributed by atoms with Crippen molar-refractivity contribution in [2.24, 2.45) is 10.9 Å². The first kappa shape index (κ1) is 23.7. The van der Waals surface area contributed by atoms with Crippen LogP contribution >= 0.6 is 0 Å².